The fourth-order valence-electron chi connectivity index (χ4n) is 2.18. The van der Waals surface area contributed by atoms with Crippen LogP contribution < -0.4 is 4.72 Å². The summed E-state index contributed by atoms with van der Waals surface area (Å²) >= 11 is 0. The predicted octanol–water partition coefficient (Wildman–Crippen LogP) is -0.160. The molecule has 0 aliphatic carbocycles. The van der Waals surface area contributed by atoms with E-state index in [4.69, 9.17) is 5.11 Å². The molecular weight excluding hydrogens is 306 g/mol. The molecule has 0 amide bonds. The maximum absolute atomic E-state index is 12.0. The van der Waals surface area contributed by atoms with E-state index in [0.29, 0.717) is 6.42 Å². The van der Waals surface area contributed by atoms with Crippen LogP contribution in [0.1, 0.15) is 26.7 Å². The highest BCUT2D eigenvalue weighted by Crippen LogP contribution is 2.19. The predicted molar refractivity (Wildman–Crippen MR) is 74.6 cm³/mol. The highest BCUT2D eigenvalue weighted by atomic mass is 32.2. The first-order chi connectivity index (χ1) is 9.03. The largest absolute Gasteiger partial charge is 0.481 e. The van der Waals surface area contributed by atoms with Crippen molar-refractivity contribution in [3.05, 3.63) is 0 Å². The van der Waals surface area contributed by atoms with Gasteiger partial charge >= 0.3 is 5.97 Å². The van der Waals surface area contributed by atoms with E-state index in [2.05, 4.69) is 4.72 Å². The van der Waals surface area contributed by atoms with Crippen LogP contribution in [0.2, 0.25) is 0 Å². The highest BCUT2D eigenvalue weighted by Gasteiger charge is 2.37. The van der Waals surface area contributed by atoms with Gasteiger partial charge in [-0.25, -0.2) is 21.6 Å². The zero-order valence-corrected chi connectivity index (χ0v) is 13.2. The lowest BCUT2D eigenvalue weighted by Crippen LogP contribution is -2.39. The van der Waals surface area contributed by atoms with E-state index in [1.54, 1.807) is 0 Å². The average molecular weight is 327 g/mol. The third-order valence-corrected chi connectivity index (χ3v) is 7.09. The van der Waals surface area contributed by atoms with Crippen molar-refractivity contribution in [2.24, 2.45) is 11.8 Å². The lowest BCUT2D eigenvalue weighted by atomic mass is 9.98. The van der Waals surface area contributed by atoms with Crippen molar-refractivity contribution in [3.8, 4) is 0 Å². The number of hydrogen-bond acceptors (Lipinski definition) is 5. The third-order valence-electron chi connectivity index (χ3n) is 3.27. The van der Waals surface area contributed by atoms with Gasteiger partial charge in [0.1, 0.15) is 0 Å². The molecule has 1 saturated heterocycles. The Morgan fingerprint density at radius 3 is 2.40 bits per heavy atom. The standard InChI is InChI=1S/C11H21NO6S2/c1-8(2)5-9(11(13)14)6-12-20(17,18)10-3-4-19(15,16)7-10/h8-10,12H,3-7H2,1-2H3,(H,13,14). The molecule has 7 nitrogen and oxygen atoms in total. The van der Waals surface area contributed by atoms with Crippen molar-refractivity contribution >= 4 is 25.8 Å². The van der Waals surface area contributed by atoms with Crippen molar-refractivity contribution in [2.45, 2.75) is 31.9 Å². The number of sulfone groups is 1. The van der Waals surface area contributed by atoms with Crippen molar-refractivity contribution in [3.63, 3.8) is 0 Å². The number of carbonyl (C=O) groups is 1. The molecule has 2 atom stereocenters. The average Bonchev–Trinajstić information content (AvgIpc) is 2.65. The molecule has 1 fully saturated rings. The molecular formula is C11H21NO6S2. The molecule has 0 aromatic carbocycles. The summed E-state index contributed by atoms with van der Waals surface area (Å²) in [4.78, 5) is 11.0. The molecule has 2 unspecified atom stereocenters. The first-order valence-electron chi connectivity index (χ1n) is 6.45. The Balaban J connectivity index is 2.65. The number of sulfonamides is 1. The molecule has 118 valence electrons. The minimum atomic E-state index is -3.79. The fraction of sp³-hybridized carbons (Fsp3) is 0.909. The van der Waals surface area contributed by atoms with Crippen molar-refractivity contribution in [2.75, 3.05) is 18.1 Å². The number of carboxylic acid groups (broad SMARTS) is 1. The maximum Gasteiger partial charge on any atom is 0.307 e. The molecule has 20 heavy (non-hydrogen) atoms. The molecule has 0 aromatic heterocycles. The first-order valence-corrected chi connectivity index (χ1v) is 9.82. The Labute approximate surface area is 119 Å². The van der Waals surface area contributed by atoms with Crippen LogP contribution in [0.5, 0.6) is 0 Å². The summed E-state index contributed by atoms with van der Waals surface area (Å²) in [5, 5.41) is 8.07. The molecule has 1 rings (SSSR count). The molecule has 0 saturated carbocycles. The second-order valence-corrected chi connectivity index (χ2v) is 9.86. The second kappa shape index (κ2) is 6.40. The van der Waals surface area contributed by atoms with Crippen LogP contribution in [0.25, 0.3) is 0 Å². The molecule has 0 spiro atoms. The third kappa shape index (κ3) is 5.02. The van der Waals surface area contributed by atoms with E-state index in [-0.39, 0.29) is 30.4 Å². The van der Waals surface area contributed by atoms with Crippen LogP contribution >= 0.6 is 0 Å². The smallest absolute Gasteiger partial charge is 0.307 e. The summed E-state index contributed by atoms with van der Waals surface area (Å²) in [6, 6.07) is 0. The van der Waals surface area contributed by atoms with Gasteiger partial charge in [-0.15, -0.1) is 0 Å². The Hall–Kier alpha value is -0.670. The van der Waals surface area contributed by atoms with Gasteiger partial charge in [0.25, 0.3) is 0 Å². The lowest BCUT2D eigenvalue weighted by molar-refractivity contribution is -0.142. The van der Waals surface area contributed by atoms with E-state index in [9.17, 15) is 21.6 Å². The van der Waals surface area contributed by atoms with Crippen LogP contribution in [0.15, 0.2) is 0 Å². The SMILES string of the molecule is CC(C)CC(CNS(=O)(=O)C1CCS(=O)(=O)C1)C(=O)O. The van der Waals surface area contributed by atoms with Gasteiger partial charge in [-0.3, -0.25) is 4.79 Å². The molecule has 0 bridgehead atoms. The highest BCUT2D eigenvalue weighted by molar-refractivity contribution is 7.95. The van der Waals surface area contributed by atoms with Crippen molar-refractivity contribution in [1.29, 1.82) is 0 Å². The van der Waals surface area contributed by atoms with Crippen molar-refractivity contribution < 1.29 is 26.7 Å². The van der Waals surface area contributed by atoms with Gasteiger partial charge in [-0.05, 0) is 18.8 Å². The van der Waals surface area contributed by atoms with Gasteiger partial charge in [-0.1, -0.05) is 13.8 Å². The van der Waals surface area contributed by atoms with Crippen LogP contribution in [-0.2, 0) is 24.7 Å². The molecule has 9 heteroatoms. The summed E-state index contributed by atoms with van der Waals surface area (Å²) in [5.41, 5.74) is 0. The van der Waals surface area contributed by atoms with E-state index < -0.39 is 37.0 Å². The summed E-state index contributed by atoms with van der Waals surface area (Å²) in [7, 11) is -7.08. The quantitative estimate of drug-likeness (QED) is 0.671. The Bertz CT molecular complexity index is 551. The number of carboxylic acids is 1. The number of rotatable bonds is 7. The number of nitrogens with one attached hydrogen (secondary N) is 1. The molecule has 1 aliphatic rings. The van der Waals surface area contributed by atoms with Crippen molar-refractivity contribution in [1.82, 2.24) is 4.72 Å². The lowest BCUT2D eigenvalue weighted by Gasteiger charge is -2.17. The summed E-state index contributed by atoms with van der Waals surface area (Å²) in [6.45, 7) is 3.51. The Morgan fingerprint density at radius 2 is 2.00 bits per heavy atom. The van der Waals surface area contributed by atoms with Crippen LogP contribution in [-0.4, -0.2) is 51.2 Å². The zero-order valence-electron chi connectivity index (χ0n) is 11.6. The molecule has 0 aromatic rings. The van der Waals surface area contributed by atoms with E-state index >= 15 is 0 Å². The minimum Gasteiger partial charge on any atom is -0.481 e. The molecule has 0 radical (unpaired) electrons. The topological polar surface area (TPSA) is 118 Å². The van der Waals surface area contributed by atoms with Crippen LogP contribution in [0.4, 0.5) is 0 Å². The minimum absolute atomic E-state index is 0.0690. The molecule has 1 heterocycles. The zero-order chi connectivity index (χ0) is 15.6. The van der Waals surface area contributed by atoms with Gasteiger partial charge in [0.15, 0.2) is 9.84 Å². The van der Waals surface area contributed by atoms with Gasteiger partial charge in [0.05, 0.1) is 22.7 Å². The van der Waals surface area contributed by atoms with Gasteiger partial charge in [0, 0.05) is 6.54 Å². The first kappa shape index (κ1) is 17.4. The number of hydrogen-bond donors (Lipinski definition) is 2. The van der Waals surface area contributed by atoms with Crippen LogP contribution in [0, 0.1) is 11.8 Å². The van der Waals surface area contributed by atoms with Gasteiger partial charge in [-0.2, -0.15) is 0 Å². The Morgan fingerprint density at radius 1 is 1.40 bits per heavy atom. The Kier molecular flexibility index (Phi) is 5.56. The van der Waals surface area contributed by atoms with E-state index in [1.165, 1.54) is 0 Å². The summed E-state index contributed by atoms with van der Waals surface area (Å²) in [6.07, 6.45) is 0.431. The van der Waals surface area contributed by atoms with Crippen LogP contribution in [0.3, 0.4) is 0 Å². The summed E-state index contributed by atoms with van der Waals surface area (Å²) < 4.78 is 48.8. The monoisotopic (exact) mass is 327 g/mol. The molecule has 2 N–H and O–H groups in total. The van der Waals surface area contributed by atoms with Gasteiger partial charge in [0.2, 0.25) is 10.0 Å². The van der Waals surface area contributed by atoms with E-state index in [1.807, 2.05) is 13.8 Å². The second-order valence-electron chi connectivity index (χ2n) is 5.58. The van der Waals surface area contributed by atoms with Gasteiger partial charge < -0.3 is 5.11 Å². The summed E-state index contributed by atoms with van der Waals surface area (Å²) in [5.74, 6) is -2.24. The maximum atomic E-state index is 12.0. The molecule has 1 aliphatic heterocycles. The number of aliphatic carboxylic acids is 1. The fourth-order valence-corrected chi connectivity index (χ4v) is 6.31. The normalized spacial score (nSPS) is 23.9. The van der Waals surface area contributed by atoms with E-state index in [0.717, 1.165) is 0 Å².